The predicted octanol–water partition coefficient (Wildman–Crippen LogP) is 5.82. The van der Waals surface area contributed by atoms with Crippen molar-refractivity contribution >= 4 is 17.0 Å². The lowest BCUT2D eigenvalue weighted by atomic mass is 9.88. The van der Waals surface area contributed by atoms with E-state index in [1.807, 2.05) is 0 Å². The van der Waals surface area contributed by atoms with Gasteiger partial charge in [0.05, 0.1) is 11.5 Å². The Bertz CT molecular complexity index is 1180. The molecule has 0 saturated heterocycles. The van der Waals surface area contributed by atoms with Crippen molar-refractivity contribution in [3.63, 3.8) is 0 Å². The number of aliphatic carboxylic acids is 1. The first kappa shape index (κ1) is 22.9. The van der Waals surface area contributed by atoms with Gasteiger partial charge >= 0.3 is 18.3 Å². The second-order valence-corrected chi connectivity index (χ2v) is 7.88. The van der Waals surface area contributed by atoms with E-state index in [2.05, 4.69) is 19.7 Å². The maximum atomic E-state index is 13.9. The third-order valence-electron chi connectivity index (χ3n) is 5.33. The van der Waals surface area contributed by atoms with Gasteiger partial charge in [0.25, 0.3) is 0 Å². The molecule has 1 aliphatic rings. The zero-order chi connectivity index (χ0) is 24.0. The Hall–Kier alpha value is -3.31. The molecule has 0 bridgehead atoms. The second-order valence-electron chi connectivity index (χ2n) is 7.88. The van der Waals surface area contributed by atoms with Gasteiger partial charge in [-0.15, -0.1) is 0 Å². The fourth-order valence-corrected chi connectivity index (χ4v) is 3.60. The summed E-state index contributed by atoms with van der Waals surface area (Å²) in [6.07, 6.45) is -8.33. The number of benzene rings is 2. The lowest BCUT2D eigenvalue weighted by molar-refractivity contribution is -0.158. The number of nitrogens with zero attached hydrogens (tertiary/aromatic N) is 2. The highest BCUT2D eigenvalue weighted by Crippen LogP contribution is 2.47. The van der Waals surface area contributed by atoms with E-state index in [1.165, 1.54) is 18.2 Å². The highest BCUT2D eigenvalue weighted by molar-refractivity contribution is 5.85. The molecule has 0 aliphatic heterocycles. The molecule has 0 spiro atoms. The zero-order valence-electron chi connectivity index (χ0n) is 16.7. The van der Waals surface area contributed by atoms with Gasteiger partial charge in [-0.25, -0.2) is 4.63 Å². The Morgan fingerprint density at radius 1 is 1.09 bits per heavy atom. The number of hydrogen-bond donors (Lipinski definition) is 1. The van der Waals surface area contributed by atoms with Crippen molar-refractivity contribution in [2.75, 3.05) is 6.61 Å². The van der Waals surface area contributed by atoms with Crippen LogP contribution in [0.5, 0.6) is 5.75 Å². The number of carboxylic acid groups (broad SMARTS) is 1. The molecule has 1 N–H and O–H groups in total. The fourth-order valence-electron chi connectivity index (χ4n) is 3.60. The van der Waals surface area contributed by atoms with Crippen LogP contribution in [-0.4, -0.2) is 34.2 Å². The van der Waals surface area contributed by atoms with Crippen LogP contribution in [0.2, 0.25) is 0 Å². The average molecular weight is 474 g/mol. The third kappa shape index (κ3) is 5.20. The molecule has 6 nitrogen and oxygen atoms in total. The lowest BCUT2D eigenvalue weighted by Gasteiger charge is -2.22. The summed E-state index contributed by atoms with van der Waals surface area (Å²) in [4.78, 5) is 11.9. The topological polar surface area (TPSA) is 85.5 Å². The van der Waals surface area contributed by atoms with E-state index in [0.29, 0.717) is 6.07 Å². The molecule has 1 fully saturated rings. The molecule has 1 unspecified atom stereocenters. The summed E-state index contributed by atoms with van der Waals surface area (Å²) in [5, 5.41) is 16.8. The van der Waals surface area contributed by atoms with E-state index in [4.69, 9.17) is 0 Å². The molecule has 33 heavy (non-hydrogen) atoms. The van der Waals surface area contributed by atoms with Gasteiger partial charge in [0.15, 0.2) is 6.61 Å². The maximum absolute atomic E-state index is 13.9. The van der Waals surface area contributed by atoms with Crippen molar-refractivity contribution < 1.29 is 45.6 Å². The van der Waals surface area contributed by atoms with Crippen LogP contribution < -0.4 is 4.74 Å². The van der Waals surface area contributed by atoms with Crippen LogP contribution in [0, 0.1) is 5.92 Å². The number of ether oxygens (including phenoxy) is 1. The van der Waals surface area contributed by atoms with Gasteiger partial charge in [-0.05, 0) is 58.0 Å². The van der Waals surface area contributed by atoms with Crippen LogP contribution >= 0.6 is 0 Å². The van der Waals surface area contributed by atoms with E-state index >= 15 is 0 Å². The molecule has 1 aliphatic carbocycles. The summed E-state index contributed by atoms with van der Waals surface area (Å²) in [6.45, 7) is -1.96. The van der Waals surface area contributed by atoms with Crippen molar-refractivity contribution in [2.45, 2.75) is 37.5 Å². The van der Waals surface area contributed by atoms with Crippen molar-refractivity contribution in [1.29, 1.82) is 0 Å². The Balaban J connectivity index is 1.93. The summed E-state index contributed by atoms with van der Waals surface area (Å²) in [5.74, 6) is -3.55. The summed E-state index contributed by atoms with van der Waals surface area (Å²) in [5.41, 5.74) is -1.52. The molecule has 2 aromatic carbocycles. The molecule has 3 aromatic rings. The van der Waals surface area contributed by atoms with Gasteiger partial charge < -0.3 is 9.84 Å². The molecule has 1 atom stereocenters. The van der Waals surface area contributed by atoms with Gasteiger partial charge in [0.2, 0.25) is 0 Å². The van der Waals surface area contributed by atoms with Crippen LogP contribution in [-0.2, 0) is 11.0 Å². The first-order valence-electron chi connectivity index (χ1n) is 9.82. The Kier molecular flexibility index (Phi) is 5.71. The normalized spacial score (nSPS) is 15.6. The highest BCUT2D eigenvalue weighted by Gasteiger charge is 2.40. The van der Waals surface area contributed by atoms with E-state index in [-0.39, 0.29) is 40.1 Å². The molecule has 1 heterocycles. The summed E-state index contributed by atoms with van der Waals surface area (Å²) >= 11 is 0. The van der Waals surface area contributed by atoms with Gasteiger partial charge in [0.1, 0.15) is 16.8 Å². The molecule has 1 aromatic heterocycles. The Morgan fingerprint density at radius 2 is 1.79 bits per heavy atom. The van der Waals surface area contributed by atoms with Crippen LogP contribution in [0.25, 0.3) is 22.2 Å². The number of hydrogen-bond acceptors (Lipinski definition) is 5. The standard InChI is InChI=1S/C21H16F6N2O4/c22-20(23,24)9-32-18-13(11-3-4-16-17(8-11)29-33-28-16)6-12(7-15(18)21(25,26)27)14(19(30)31)5-10-1-2-10/h3-4,6-8,10,14H,1-2,5,9H2,(H,30,31). The summed E-state index contributed by atoms with van der Waals surface area (Å²) in [6, 6.07) is 5.67. The SMILES string of the molecule is O=C(O)C(CC1CC1)c1cc(-c2ccc3nonc3c2)c(OCC(F)(F)F)c(C(F)(F)F)c1. The van der Waals surface area contributed by atoms with Crippen LogP contribution in [0.3, 0.4) is 0 Å². The predicted molar refractivity (Wildman–Crippen MR) is 102 cm³/mol. The van der Waals surface area contributed by atoms with E-state index in [1.54, 1.807) is 0 Å². The molecular formula is C21H16F6N2O4. The Morgan fingerprint density at radius 3 is 2.39 bits per heavy atom. The minimum absolute atomic E-state index is 0.0401. The number of halogens is 6. The number of alkyl halides is 6. The Labute approximate surface area is 182 Å². The lowest BCUT2D eigenvalue weighted by Crippen LogP contribution is -2.22. The molecule has 1 saturated carbocycles. The zero-order valence-corrected chi connectivity index (χ0v) is 16.7. The van der Waals surface area contributed by atoms with Crippen molar-refractivity contribution in [3.8, 4) is 16.9 Å². The van der Waals surface area contributed by atoms with Crippen molar-refractivity contribution in [3.05, 3.63) is 41.5 Å². The summed E-state index contributed by atoms with van der Waals surface area (Å²) in [7, 11) is 0. The van der Waals surface area contributed by atoms with Gasteiger partial charge in [-0.2, -0.15) is 26.3 Å². The molecule has 4 rings (SSSR count). The third-order valence-corrected chi connectivity index (χ3v) is 5.33. The van der Waals surface area contributed by atoms with Gasteiger partial charge in [-0.3, -0.25) is 4.79 Å². The molecule has 176 valence electrons. The molecule has 0 amide bonds. The number of fused-ring (bicyclic) bond motifs is 1. The van der Waals surface area contributed by atoms with Gasteiger partial charge in [-0.1, -0.05) is 18.9 Å². The van der Waals surface area contributed by atoms with E-state index in [0.717, 1.165) is 18.9 Å². The number of rotatable bonds is 7. The maximum Gasteiger partial charge on any atom is 0.422 e. The van der Waals surface area contributed by atoms with Crippen molar-refractivity contribution in [1.82, 2.24) is 10.3 Å². The molecule has 12 heteroatoms. The largest absolute Gasteiger partial charge is 0.483 e. The first-order valence-corrected chi connectivity index (χ1v) is 9.82. The number of carboxylic acids is 1. The van der Waals surface area contributed by atoms with Crippen molar-refractivity contribution in [2.24, 2.45) is 5.92 Å². The quantitative estimate of drug-likeness (QED) is 0.435. The van der Waals surface area contributed by atoms with Gasteiger partial charge in [0, 0.05) is 5.56 Å². The fraction of sp³-hybridized carbons (Fsp3) is 0.381. The van der Waals surface area contributed by atoms with Crippen LogP contribution in [0.4, 0.5) is 26.3 Å². The monoisotopic (exact) mass is 474 g/mol. The van der Waals surface area contributed by atoms with E-state index in [9.17, 15) is 36.2 Å². The smallest absolute Gasteiger partial charge is 0.422 e. The summed E-state index contributed by atoms with van der Waals surface area (Å²) < 4.78 is 89.5. The van der Waals surface area contributed by atoms with E-state index < -0.39 is 42.2 Å². The highest BCUT2D eigenvalue weighted by atomic mass is 19.4. The molecular weight excluding hydrogens is 458 g/mol. The first-order chi connectivity index (χ1) is 15.4. The van der Waals surface area contributed by atoms with Crippen LogP contribution in [0.15, 0.2) is 35.0 Å². The minimum atomic E-state index is -5.10. The number of carbonyl (C=O) groups is 1. The van der Waals surface area contributed by atoms with Crippen LogP contribution in [0.1, 0.15) is 36.3 Å². The minimum Gasteiger partial charge on any atom is -0.483 e. The second kappa shape index (κ2) is 8.23. The number of aromatic nitrogens is 2. The average Bonchev–Trinajstić information content (AvgIpc) is 3.42. The molecule has 0 radical (unpaired) electrons.